The minimum atomic E-state index is -1.17. The highest BCUT2D eigenvalue weighted by Gasteiger charge is 2.42. The topological polar surface area (TPSA) is 105 Å². The third-order valence-corrected chi connectivity index (χ3v) is 2.16. The minimum absolute atomic E-state index is 0.384. The summed E-state index contributed by atoms with van der Waals surface area (Å²) in [6.45, 7) is -0.384. The number of hydrogen-bond acceptors (Lipinski definition) is 6. The van der Waals surface area contributed by atoms with E-state index in [1.54, 1.807) is 0 Å². The molecule has 0 saturated carbocycles. The van der Waals surface area contributed by atoms with Crippen LogP contribution in [-0.2, 0) is 9.47 Å². The number of methoxy groups -OCH3 is 1. The molecule has 0 spiro atoms. The number of aliphatic hydroxyl groups excluding tert-OH is 3. The second-order valence-electron chi connectivity index (χ2n) is 3.02. The van der Waals surface area contributed by atoms with Crippen molar-refractivity contribution in [3.05, 3.63) is 0 Å². The van der Waals surface area contributed by atoms with Crippen molar-refractivity contribution in [1.29, 1.82) is 0 Å². The van der Waals surface area contributed by atoms with Gasteiger partial charge in [0.05, 0.1) is 12.6 Å². The third-order valence-electron chi connectivity index (χ3n) is 2.16. The summed E-state index contributed by atoms with van der Waals surface area (Å²) in [7, 11) is 1.38. The van der Waals surface area contributed by atoms with Crippen LogP contribution in [0.4, 0.5) is 0 Å². The Bertz CT molecular complexity index is 147. The molecule has 13 heavy (non-hydrogen) atoms. The fraction of sp³-hybridized carbons (Fsp3) is 1.00. The molecule has 0 aromatic heterocycles. The summed E-state index contributed by atoms with van der Waals surface area (Å²) < 4.78 is 9.90. The van der Waals surface area contributed by atoms with Crippen LogP contribution >= 0.6 is 0 Å². The molecule has 1 heterocycles. The van der Waals surface area contributed by atoms with Crippen LogP contribution < -0.4 is 5.73 Å². The number of ether oxygens (including phenoxy) is 2. The van der Waals surface area contributed by atoms with E-state index in [9.17, 15) is 10.2 Å². The van der Waals surface area contributed by atoms with E-state index in [0.717, 1.165) is 0 Å². The van der Waals surface area contributed by atoms with Crippen molar-refractivity contribution in [3.63, 3.8) is 0 Å². The van der Waals surface area contributed by atoms with Gasteiger partial charge < -0.3 is 30.5 Å². The van der Waals surface area contributed by atoms with Crippen LogP contribution in [0.1, 0.15) is 0 Å². The molecule has 0 amide bonds. The molecule has 0 aromatic rings. The van der Waals surface area contributed by atoms with E-state index >= 15 is 0 Å². The van der Waals surface area contributed by atoms with Gasteiger partial charge in [-0.1, -0.05) is 0 Å². The van der Waals surface area contributed by atoms with Crippen LogP contribution in [0.5, 0.6) is 0 Å². The molecular formula is C7H15NO5. The van der Waals surface area contributed by atoms with Crippen molar-refractivity contribution < 1.29 is 24.8 Å². The van der Waals surface area contributed by atoms with Gasteiger partial charge in [0.1, 0.15) is 18.3 Å². The van der Waals surface area contributed by atoms with E-state index in [1.165, 1.54) is 7.11 Å². The zero-order valence-electron chi connectivity index (χ0n) is 7.33. The zero-order chi connectivity index (χ0) is 10.0. The van der Waals surface area contributed by atoms with Crippen molar-refractivity contribution in [2.24, 2.45) is 5.73 Å². The van der Waals surface area contributed by atoms with E-state index in [4.69, 9.17) is 20.3 Å². The highest BCUT2D eigenvalue weighted by atomic mass is 16.7. The summed E-state index contributed by atoms with van der Waals surface area (Å²) in [4.78, 5) is 0. The van der Waals surface area contributed by atoms with Gasteiger partial charge >= 0.3 is 0 Å². The predicted molar refractivity (Wildman–Crippen MR) is 42.7 cm³/mol. The quantitative estimate of drug-likeness (QED) is 0.383. The van der Waals surface area contributed by atoms with E-state index in [0.29, 0.717) is 0 Å². The average molecular weight is 193 g/mol. The van der Waals surface area contributed by atoms with E-state index in [1.807, 2.05) is 0 Å². The molecule has 1 aliphatic heterocycles. The Labute approximate surface area is 75.9 Å². The van der Waals surface area contributed by atoms with Gasteiger partial charge in [-0.05, 0) is 0 Å². The maximum Gasteiger partial charge on any atom is 0.175 e. The molecule has 1 unspecified atom stereocenters. The van der Waals surface area contributed by atoms with Gasteiger partial charge in [0.15, 0.2) is 6.29 Å². The number of aliphatic hydroxyl groups is 3. The second kappa shape index (κ2) is 4.32. The Morgan fingerprint density at radius 3 is 2.46 bits per heavy atom. The Morgan fingerprint density at radius 2 is 2.00 bits per heavy atom. The number of nitrogens with two attached hydrogens (primary N) is 1. The molecule has 1 rings (SSSR count). The van der Waals surface area contributed by atoms with Crippen molar-refractivity contribution in [1.82, 2.24) is 0 Å². The average Bonchev–Trinajstić information content (AvgIpc) is 2.15. The summed E-state index contributed by atoms with van der Waals surface area (Å²) in [6, 6.07) is -0.803. The SMILES string of the molecule is COC1O[C@H](CO)[C@H](O)[C@H](O)[C@@H]1N. The van der Waals surface area contributed by atoms with Crippen LogP contribution in [0, 0.1) is 0 Å². The lowest BCUT2D eigenvalue weighted by molar-refractivity contribution is -0.257. The molecule has 0 radical (unpaired) electrons. The van der Waals surface area contributed by atoms with Crippen LogP contribution in [0.3, 0.4) is 0 Å². The first-order valence-electron chi connectivity index (χ1n) is 4.02. The normalized spacial score (nSPS) is 46.4. The summed E-state index contributed by atoms with van der Waals surface area (Å²) in [5, 5.41) is 27.5. The van der Waals surface area contributed by atoms with E-state index in [-0.39, 0.29) is 6.61 Å². The highest BCUT2D eigenvalue weighted by molar-refractivity contribution is 4.91. The van der Waals surface area contributed by atoms with E-state index < -0.39 is 30.6 Å². The van der Waals surface area contributed by atoms with Gasteiger partial charge in [-0.25, -0.2) is 0 Å². The summed E-state index contributed by atoms with van der Waals surface area (Å²) >= 11 is 0. The molecule has 5 atom stereocenters. The summed E-state index contributed by atoms with van der Waals surface area (Å²) in [6.07, 6.45) is -3.96. The minimum Gasteiger partial charge on any atom is -0.394 e. The van der Waals surface area contributed by atoms with Crippen molar-refractivity contribution in [3.8, 4) is 0 Å². The first kappa shape index (κ1) is 10.8. The summed E-state index contributed by atoms with van der Waals surface area (Å²) in [5.74, 6) is 0. The predicted octanol–water partition coefficient (Wildman–Crippen LogP) is -2.60. The Balaban J connectivity index is 2.66. The van der Waals surface area contributed by atoms with E-state index in [2.05, 4.69) is 0 Å². The maximum atomic E-state index is 9.40. The van der Waals surface area contributed by atoms with Gasteiger partial charge in [0.2, 0.25) is 0 Å². The van der Waals surface area contributed by atoms with Gasteiger partial charge in [-0.3, -0.25) is 0 Å². The highest BCUT2D eigenvalue weighted by Crippen LogP contribution is 2.19. The lowest BCUT2D eigenvalue weighted by atomic mass is 9.98. The van der Waals surface area contributed by atoms with Crippen molar-refractivity contribution >= 4 is 0 Å². The largest absolute Gasteiger partial charge is 0.394 e. The zero-order valence-corrected chi connectivity index (χ0v) is 7.33. The first-order chi connectivity index (χ1) is 6.11. The molecular weight excluding hydrogens is 178 g/mol. The van der Waals surface area contributed by atoms with Crippen molar-refractivity contribution in [2.45, 2.75) is 30.6 Å². The Kier molecular flexibility index (Phi) is 3.60. The van der Waals surface area contributed by atoms with Gasteiger partial charge in [-0.2, -0.15) is 0 Å². The molecule has 0 bridgehead atoms. The molecule has 0 aromatic carbocycles. The number of hydrogen-bond donors (Lipinski definition) is 4. The molecule has 78 valence electrons. The van der Waals surface area contributed by atoms with Gasteiger partial charge in [-0.15, -0.1) is 0 Å². The third kappa shape index (κ3) is 1.98. The van der Waals surface area contributed by atoms with Crippen LogP contribution in [-0.4, -0.2) is 59.7 Å². The fourth-order valence-electron chi connectivity index (χ4n) is 1.32. The molecule has 6 heteroatoms. The molecule has 1 aliphatic rings. The van der Waals surface area contributed by atoms with Crippen LogP contribution in [0.2, 0.25) is 0 Å². The molecule has 0 aliphatic carbocycles. The Hall–Kier alpha value is -0.240. The fourth-order valence-corrected chi connectivity index (χ4v) is 1.32. The monoisotopic (exact) mass is 193 g/mol. The molecule has 6 nitrogen and oxygen atoms in total. The second-order valence-corrected chi connectivity index (χ2v) is 3.02. The lowest BCUT2D eigenvalue weighted by Gasteiger charge is -2.39. The molecule has 1 fully saturated rings. The molecule has 5 N–H and O–H groups in total. The van der Waals surface area contributed by atoms with Gasteiger partial charge in [0.25, 0.3) is 0 Å². The van der Waals surface area contributed by atoms with Gasteiger partial charge in [0, 0.05) is 7.11 Å². The van der Waals surface area contributed by atoms with Crippen LogP contribution in [0.25, 0.3) is 0 Å². The van der Waals surface area contributed by atoms with Crippen molar-refractivity contribution in [2.75, 3.05) is 13.7 Å². The first-order valence-corrected chi connectivity index (χ1v) is 4.02. The lowest BCUT2D eigenvalue weighted by Crippen LogP contribution is -2.62. The maximum absolute atomic E-state index is 9.40. The number of rotatable bonds is 2. The smallest absolute Gasteiger partial charge is 0.175 e. The standard InChI is InChI=1S/C7H15NO5/c1-12-7-4(8)6(11)5(10)3(2-9)13-7/h3-7,9-11H,2,8H2,1H3/t3-,4+,5+,6-,7?/m1/s1. The summed E-state index contributed by atoms with van der Waals surface area (Å²) in [5.41, 5.74) is 5.50. The molecule has 1 saturated heterocycles. The van der Waals surface area contributed by atoms with Crippen LogP contribution in [0.15, 0.2) is 0 Å². The Morgan fingerprint density at radius 1 is 1.38 bits per heavy atom.